The molecule has 1 aromatic rings. The molecule has 0 amide bonds. The fourth-order valence-electron chi connectivity index (χ4n) is 1.84. The molecule has 1 aliphatic rings. The Labute approximate surface area is 99.3 Å². The molecule has 3 heteroatoms. The van der Waals surface area contributed by atoms with E-state index in [1.165, 1.54) is 5.57 Å². The first kappa shape index (κ1) is 11.0. The quantitative estimate of drug-likeness (QED) is 0.786. The summed E-state index contributed by atoms with van der Waals surface area (Å²) in [6.45, 7) is 0. The van der Waals surface area contributed by atoms with Gasteiger partial charge in [0.25, 0.3) is 0 Å². The van der Waals surface area contributed by atoms with Crippen molar-refractivity contribution in [3.05, 3.63) is 45.5 Å². The lowest BCUT2D eigenvalue weighted by atomic mass is 10.0. The monoisotopic (exact) mass is 242 g/mol. The van der Waals surface area contributed by atoms with Crippen LogP contribution < -0.4 is 0 Å². The Balaban J connectivity index is 2.17. The molecule has 0 bridgehead atoms. The highest BCUT2D eigenvalue weighted by atomic mass is 35.5. The van der Waals surface area contributed by atoms with E-state index >= 15 is 0 Å². The number of rotatable bonds is 2. The predicted molar refractivity (Wildman–Crippen MR) is 63.5 cm³/mol. The Hall–Kier alpha value is -0.500. The van der Waals surface area contributed by atoms with Crippen molar-refractivity contribution in [1.82, 2.24) is 0 Å². The van der Waals surface area contributed by atoms with Crippen LogP contribution in [-0.2, 0) is 6.42 Å². The van der Waals surface area contributed by atoms with Crippen LogP contribution in [0.15, 0.2) is 29.8 Å². The van der Waals surface area contributed by atoms with Gasteiger partial charge in [-0.05, 0) is 43.0 Å². The van der Waals surface area contributed by atoms with Crippen molar-refractivity contribution in [2.75, 3.05) is 0 Å². The summed E-state index contributed by atoms with van der Waals surface area (Å²) in [6.07, 6.45) is 4.20. The number of halogens is 2. The smallest absolute Gasteiger partial charge is 0.0726 e. The third-order valence-electron chi connectivity index (χ3n) is 2.61. The minimum absolute atomic E-state index is 0.280. The second kappa shape index (κ2) is 4.56. The van der Waals surface area contributed by atoms with Crippen molar-refractivity contribution < 1.29 is 5.11 Å². The fraction of sp³-hybridized carbons (Fsp3) is 0.333. The molecule has 0 spiro atoms. The fourth-order valence-corrected chi connectivity index (χ4v) is 2.22. The first-order chi connectivity index (χ1) is 7.15. The molecule has 1 N–H and O–H groups in total. The third kappa shape index (κ3) is 2.75. The van der Waals surface area contributed by atoms with Crippen molar-refractivity contribution in [3.63, 3.8) is 0 Å². The number of aliphatic hydroxyl groups is 1. The van der Waals surface area contributed by atoms with Crippen LogP contribution in [0.1, 0.15) is 18.4 Å². The highest BCUT2D eigenvalue weighted by Gasteiger charge is 2.14. The summed E-state index contributed by atoms with van der Waals surface area (Å²) >= 11 is 12.0. The van der Waals surface area contributed by atoms with Gasteiger partial charge in [-0.15, -0.1) is 0 Å². The molecule has 0 heterocycles. The summed E-state index contributed by atoms with van der Waals surface area (Å²) < 4.78 is 0. The Kier molecular flexibility index (Phi) is 3.35. The summed E-state index contributed by atoms with van der Waals surface area (Å²) in [5.74, 6) is 0. The second-order valence-corrected chi connectivity index (χ2v) is 4.69. The van der Waals surface area contributed by atoms with Crippen LogP contribution in [-0.4, -0.2) is 11.2 Å². The normalized spacial score (nSPS) is 20.5. The van der Waals surface area contributed by atoms with Gasteiger partial charge < -0.3 is 5.11 Å². The van der Waals surface area contributed by atoms with Gasteiger partial charge in [-0.1, -0.05) is 34.9 Å². The van der Waals surface area contributed by atoms with Crippen LogP contribution in [0.5, 0.6) is 0 Å². The van der Waals surface area contributed by atoms with Gasteiger partial charge in [-0.2, -0.15) is 0 Å². The Morgan fingerprint density at radius 3 is 2.80 bits per heavy atom. The van der Waals surface area contributed by atoms with Crippen LogP contribution in [0, 0.1) is 0 Å². The maximum Gasteiger partial charge on any atom is 0.0726 e. The molecule has 1 aromatic carbocycles. The molecule has 1 nitrogen and oxygen atoms in total. The van der Waals surface area contributed by atoms with E-state index in [2.05, 4.69) is 0 Å². The first-order valence-corrected chi connectivity index (χ1v) is 5.72. The van der Waals surface area contributed by atoms with Gasteiger partial charge in [0.1, 0.15) is 0 Å². The van der Waals surface area contributed by atoms with Gasteiger partial charge in [-0.25, -0.2) is 0 Å². The van der Waals surface area contributed by atoms with Crippen molar-refractivity contribution in [1.29, 1.82) is 0 Å². The number of hydrogen-bond acceptors (Lipinski definition) is 1. The average Bonchev–Trinajstić information content (AvgIpc) is 2.58. The van der Waals surface area contributed by atoms with Gasteiger partial charge >= 0.3 is 0 Å². The molecule has 0 fully saturated rings. The molecule has 1 unspecified atom stereocenters. The number of hydrogen-bond donors (Lipinski definition) is 1. The van der Waals surface area contributed by atoms with E-state index in [0.29, 0.717) is 5.02 Å². The van der Waals surface area contributed by atoms with Crippen LogP contribution in [0.25, 0.3) is 0 Å². The molecule has 0 aromatic heterocycles. The zero-order valence-electron chi connectivity index (χ0n) is 8.21. The number of benzene rings is 1. The molecule has 0 saturated heterocycles. The minimum Gasteiger partial charge on any atom is -0.389 e. The lowest BCUT2D eigenvalue weighted by molar-refractivity contribution is 0.223. The summed E-state index contributed by atoms with van der Waals surface area (Å²) in [7, 11) is 0. The molecular formula is C12H12Cl2O. The van der Waals surface area contributed by atoms with Crippen LogP contribution >= 0.6 is 23.2 Å². The molecule has 80 valence electrons. The molecule has 15 heavy (non-hydrogen) atoms. The van der Waals surface area contributed by atoms with Crippen molar-refractivity contribution in [3.8, 4) is 0 Å². The zero-order valence-corrected chi connectivity index (χ0v) is 9.72. The van der Waals surface area contributed by atoms with Crippen molar-refractivity contribution in [2.45, 2.75) is 25.4 Å². The van der Waals surface area contributed by atoms with Gasteiger partial charge in [0.15, 0.2) is 0 Å². The maximum atomic E-state index is 9.37. The predicted octanol–water partition coefficient (Wildman–Crippen LogP) is 3.62. The van der Waals surface area contributed by atoms with Gasteiger partial charge in [0.05, 0.1) is 6.10 Å². The second-order valence-electron chi connectivity index (χ2n) is 3.84. The minimum atomic E-state index is -0.280. The van der Waals surface area contributed by atoms with Crippen LogP contribution in [0.4, 0.5) is 0 Å². The largest absolute Gasteiger partial charge is 0.389 e. The Morgan fingerprint density at radius 2 is 2.13 bits per heavy atom. The van der Waals surface area contributed by atoms with Crippen molar-refractivity contribution >= 4 is 23.2 Å². The lowest BCUT2D eigenvalue weighted by Crippen LogP contribution is -1.93. The van der Waals surface area contributed by atoms with E-state index in [1.54, 1.807) is 6.07 Å². The summed E-state index contributed by atoms with van der Waals surface area (Å²) in [4.78, 5) is 0. The first-order valence-electron chi connectivity index (χ1n) is 4.97. The van der Waals surface area contributed by atoms with Crippen LogP contribution in [0.2, 0.25) is 10.0 Å². The highest BCUT2D eigenvalue weighted by molar-refractivity contribution is 6.33. The SMILES string of the molecule is OC1C=C(Cc2cc(Cl)ccc2Cl)CC1. The highest BCUT2D eigenvalue weighted by Crippen LogP contribution is 2.27. The van der Waals surface area contributed by atoms with E-state index in [1.807, 2.05) is 18.2 Å². The molecular weight excluding hydrogens is 231 g/mol. The molecule has 1 aliphatic carbocycles. The van der Waals surface area contributed by atoms with E-state index < -0.39 is 0 Å². The summed E-state index contributed by atoms with van der Waals surface area (Å²) in [6, 6.07) is 5.48. The molecule has 0 aliphatic heterocycles. The van der Waals surface area contributed by atoms with E-state index in [-0.39, 0.29) is 6.10 Å². The molecule has 1 atom stereocenters. The van der Waals surface area contributed by atoms with E-state index in [0.717, 1.165) is 29.8 Å². The number of allylic oxidation sites excluding steroid dienone is 1. The van der Waals surface area contributed by atoms with E-state index in [4.69, 9.17) is 23.2 Å². The zero-order chi connectivity index (χ0) is 10.8. The average molecular weight is 243 g/mol. The molecule has 0 radical (unpaired) electrons. The Morgan fingerprint density at radius 1 is 1.33 bits per heavy atom. The van der Waals surface area contributed by atoms with Crippen molar-refractivity contribution in [2.24, 2.45) is 0 Å². The summed E-state index contributed by atoms with van der Waals surface area (Å²) in [5.41, 5.74) is 2.27. The molecule has 2 rings (SSSR count). The third-order valence-corrected chi connectivity index (χ3v) is 3.22. The van der Waals surface area contributed by atoms with Gasteiger partial charge in [-0.3, -0.25) is 0 Å². The number of aliphatic hydroxyl groups excluding tert-OH is 1. The van der Waals surface area contributed by atoms with Crippen LogP contribution in [0.3, 0.4) is 0 Å². The standard InChI is InChI=1S/C12H12Cl2O/c13-10-2-4-12(14)9(7-10)5-8-1-3-11(15)6-8/h2,4,6-7,11,15H,1,3,5H2. The van der Waals surface area contributed by atoms with E-state index in [9.17, 15) is 5.11 Å². The summed E-state index contributed by atoms with van der Waals surface area (Å²) in [5, 5.41) is 10.8. The lowest BCUT2D eigenvalue weighted by Gasteiger charge is -2.05. The molecule has 0 saturated carbocycles. The Bertz CT molecular complexity index is 399. The topological polar surface area (TPSA) is 20.2 Å². The van der Waals surface area contributed by atoms with Gasteiger partial charge in [0, 0.05) is 10.0 Å². The maximum absolute atomic E-state index is 9.37. The van der Waals surface area contributed by atoms with Gasteiger partial charge in [0.2, 0.25) is 0 Å².